The number of carbonyl (C=O) groups is 1. The van der Waals surface area contributed by atoms with Crippen molar-refractivity contribution < 1.29 is 18.7 Å². The average Bonchev–Trinajstić information content (AvgIpc) is 3.16. The van der Waals surface area contributed by atoms with Gasteiger partial charge in [0.05, 0.1) is 47.4 Å². The Hall–Kier alpha value is -3.39. The van der Waals surface area contributed by atoms with Crippen LogP contribution in [0.2, 0.25) is 0 Å². The molecule has 11 heteroatoms. The van der Waals surface area contributed by atoms with Gasteiger partial charge in [0, 0.05) is 12.3 Å². The predicted molar refractivity (Wildman–Crippen MR) is 114 cm³/mol. The van der Waals surface area contributed by atoms with Crippen molar-refractivity contribution in [2.75, 3.05) is 17.2 Å². The van der Waals surface area contributed by atoms with Crippen LogP contribution in [0, 0.1) is 11.3 Å². The van der Waals surface area contributed by atoms with E-state index in [1.165, 1.54) is 38.5 Å². The fourth-order valence-electron chi connectivity index (χ4n) is 3.19. The normalized spacial score (nSPS) is 19.1. The molecule has 1 unspecified atom stereocenters. The molecule has 0 radical (unpaired) electrons. The molecule has 2 aromatic rings. The highest BCUT2D eigenvalue weighted by atomic mass is 19.1. The minimum atomic E-state index is -1.67. The molecule has 0 spiro atoms. The highest BCUT2D eigenvalue weighted by Crippen LogP contribution is 2.28. The zero-order valence-corrected chi connectivity index (χ0v) is 17.8. The van der Waals surface area contributed by atoms with Gasteiger partial charge in [-0.05, 0) is 33.1 Å². The number of rotatable bonds is 8. The summed E-state index contributed by atoms with van der Waals surface area (Å²) in [6.45, 7) is 2.23. The highest BCUT2D eigenvalue weighted by molar-refractivity contribution is 5.99. The average molecular weight is 445 g/mol. The molecule has 3 rings (SSSR count). The van der Waals surface area contributed by atoms with Gasteiger partial charge in [0.1, 0.15) is 24.2 Å². The van der Waals surface area contributed by atoms with E-state index in [2.05, 4.69) is 30.9 Å². The van der Waals surface area contributed by atoms with Crippen LogP contribution in [0.1, 0.15) is 49.0 Å². The number of nitriles is 1. The number of anilines is 3. The van der Waals surface area contributed by atoms with E-state index in [4.69, 9.17) is 5.26 Å². The first-order valence-corrected chi connectivity index (χ1v) is 10.2. The number of aromatic nitrogens is 3. The molecule has 1 aliphatic carbocycles. The van der Waals surface area contributed by atoms with Gasteiger partial charge in [0.15, 0.2) is 0 Å². The summed E-state index contributed by atoms with van der Waals surface area (Å²) >= 11 is 0. The molecule has 32 heavy (non-hydrogen) atoms. The summed E-state index contributed by atoms with van der Waals surface area (Å²) in [5.74, 6) is -0.127. The van der Waals surface area contributed by atoms with Crippen molar-refractivity contribution in [3.05, 3.63) is 35.8 Å². The van der Waals surface area contributed by atoms with E-state index in [0.717, 1.165) is 6.42 Å². The van der Waals surface area contributed by atoms with Gasteiger partial charge < -0.3 is 21.1 Å². The molecule has 0 saturated heterocycles. The van der Waals surface area contributed by atoms with E-state index >= 15 is 0 Å². The minimum Gasteiger partial charge on any atom is -0.387 e. The molecule has 1 saturated carbocycles. The summed E-state index contributed by atoms with van der Waals surface area (Å²) < 4.78 is 28.2. The molecule has 1 amide bonds. The Labute approximate surface area is 184 Å². The van der Waals surface area contributed by atoms with Gasteiger partial charge in [-0.3, -0.25) is 4.79 Å². The van der Waals surface area contributed by atoms with Crippen LogP contribution in [-0.4, -0.2) is 56.5 Å². The lowest BCUT2D eigenvalue weighted by Crippen LogP contribution is -2.42. The standard InChI is InChI=1S/C21H25F2N7O2/c1-21(2,32)17(23)11-26-19(31)13-10-25-18(30-20-27-8-12(7-24)9-28-20)6-16(13)29-15-5-3-4-14(15)22/h6,8-10,14-15,17,32H,3-5,11H2,1-2H3,(H,26,31)(H2,25,27,28,29,30)/t14-,15-,17?/m0/s1. The molecule has 4 N–H and O–H groups in total. The molecule has 0 aromatic carbocycles. The van der Waals surface area contributed by atoms with Crippen LogP contribution in [0.5, 0.6) is 0 Å². The largest absolute Gasteiger partial charge is 0.387 e. The lowest BCUT2D eigenvalue weighted by molar-refractivity contribution is -0.00177. The minimum absolute atomic E-state index is 0.110. The van der Waals surface area contributed by atoms with E-state index < -0.39 is 36.4 Å². The van der Waals surface area contributed by atoms with Crippen LogP contribution in [-0.2, 0) is 0 Å². The number of nitrogens with zero attached hydrogens (tertiary/aromatic N) is 4. The zero-order chi connectivity index (χ0) is 23.3. The Morgan fingerprint density at radius 3 is 2.62 bits per heavy atom. The summed E-state index contributed by atoms with van der Waals surface area (Å²) in [7, 11) is 0. The van der Waals surface area contributed by atoms with E-state index in [9.17, 15) is 18.7 Å². The van der Waals surface area contributed by atoms with Crippen LogP contribution in [0.4, 0.5) is 26.2 Å². The molecule has 2 heterocycles. The van der Waals surface area contributed by atoms with Crippen LogP contribution in [0.25, 0.3) is 0 Å². The van der Waals surface area contributed by atoms with Crippen LogP contribution in [0.15, 0.2) is 24.7 Å². The van der Waals surface area contributed by atoms with Crippen LogP contribution in [0.3, 0.4) is 0 Å². The monoisotopic (exact) mass is 445 g/mol. The second kappa shape index (κ2) is 9.82. The van der Waals surface area contributed by atoms with Crippen molar-refractivity contribution in [2.24, 2.45) is 0 Å². The summed E-state index contributed by atoms with van der Waals surface area (Å²) in [5, 5.41) is 26.9. The van der Waals surface area contributed by atoms with Crippen molar-refractivity contribution in [1.29, 1.82) is 5.26 Å². The number of nitrogens with one attached hydrogen (secondary N) is 3. The third-order valence-corrected chi connectivity index (χ3v) is 5.15. The second-order valence-electron chi connectivity index (χ2n) is 8.18. The first kappa shape index (κ1) is 23.3. The SMILES string of the molecule is CC(C)(O)C(F)CNC(=O)c1cnc(Nc2ncc(C#N)cn2)cc1N[C@H]1CCC[C@@H]1F. The molecular formula is C21H25F2N7O2. The van der Waals surface area contributed by atoms with Gasteiger partial charge in [-0.1, -0.05) is 0 Å². The molecule has 1 fully saturated rings. The Morgan fingerprint density at radius 1 is 1.31 bits per heavy atom. The Kier molecular flexibility index (Phi) is 7.15. The number of amides is 1. The molecular weight excluding hydrogens is 420 g/mol. The van der Waals surface area contributed by atoms with E-state index in [1.807, 2.05) is 6.07 Å². The van der Waals surface area contributed by atoms with Crippen molar-refractivity contribution in [2.45, 2.75) is 57.1 Å². The fraction of sp³-hybridized carbons (Fsp3) is 0.476. The Morgan fingerprint density at radius 2 is 2.03 bits per heavy atom. The molecule has 170 valence electrons. The predicted octanol–water partition coefficient (Wildman–Crippen LogP) is 2.63. The first-order valence-electron chi connectivity index (χ1n) is 10.2. The second-order valence-corrected chi connectivity index (χ2v) is 8.18. The van der Waals surface area contributed by atoms with Crippen molar-refractivity contribution in [3.63, 3.8) is 0 Å². The maximum absolute atomic E-state index is 14.2. The Balaban J connectivity index is 1.81. The molecule has 3 atom stereocenters. The molecule has 1 aliphatic rings. The topological polar surface area (TPSA) is 136 Å². The van der Waals surface area contributed by atoms with Crippen molar-refractivity contribution >= 4 is 23.4 Å². The van der Waals surface area contributed by atoms with Crippen LogP contribution >= 0.6 is 0 Å². The number of carbonyl (C=O) groups excluding carboxylic acids is 1. The molecule has 2 aromatic heterocycles. The van der Waals surface area contributed by atoms with Crippen molar-refractivity contribution in [1.82, 2.24) is 20.3 Å². The Bertz CT molecular complexity index is 989. The third kappa shape index (κ3) is 5.85. The first-order chi connectivity index (χ1) is 15.2. The molecule has 9 nitrogen and oxygen atoms in total. The quantitative estimate of drug-likeness (QED) is 0.487. The highest BCUT2D eigenvalue weighted by Gasteiger charge is 2.29. The van der Waals surface area contributed by atoms with Crippen molar-refractivity contribution in [3.8, 4) is 6.07 Å². The maximum atomic E-state index is 14.2. The van der Waals surface area contributed by atoms with E-state index in [1.54, 1.807) is 0 Å². The summed E-state index contributed by atoms with van der Waals surface area (Å²) in [6, 6.07) is 2.97. The number of halogens is 2. The summed E-state index contributed by atoms with van der Waals surface area (Å²) in [6.07, 6.45) is 3.02. The van der Waals surface area contributed by atoms with Gasteiger partial charge in [0.25, 0.3) is 5.91 Å². The van der Waals surface area contributed by atoms with Gasteiger partial charge in [-0.25, -0.2) is 23.7 Å². The van der Waals surface area contributed by atoms with Gasteiger partial charge >= 0.3 is 0 Å². The fourth-order valence-corrected chi connectivity index (χ4v) is 3.19. The number of aliphatic hydroxyl groups is 1. The van der Waals surface area contributed by atoms with E-state index in [0.29, 0.717) is 29.9 Å². The third-order valence-electron chi connectivity index (χ3n) is 5.15. The van der Waals surface area contributed by atoms with Crippen LogP contribution < -0.4 is 16.0 Å². The lowest BCUT2D eigenvalue weighted by Gasteiger charge is -2.23. The number of hydrogen-bond acceptors (Lipinski definition) is 8. The number of hydrogen-bond donors (Lipinski definition) is 4. The van der Waals surface area contributed by atoms with Gasteiger partial charge in [-0.15, -0.1) is 0 Å². The van der Waals surface area contributed by atoms with E-state index in [-0.39, 0.29) is 11.5 Å². The number of alkyl halides is 2. The smallest absolute Gasteiger partial charge is 0.255 e. The van der Waals surface area contributed by atoms with Gasteiger partial charge in [-0.2, -0.15) is 5.26 Å². The number of pyridine rings is 1. The lowest BCUT2D eigenvalue weighted by atomic mass is 10.0. The molecule has 0 aliphatic heterocycles. The summed E-state index contributed by atoms with van der Waals surface area (Å²) in [5.41, 5.74) is -0.877. The molecule has 0 bridgehead atoms. The van der Waals surface area contributed by atoms with Gasteiger partial charge in [0.2, 0.25) is 5.95 Å². The maximum Gasteiger partial charge on any atom is 0.255 e. The zero-order valence-electron chi connectivity index (χ0n) is 17.8. The summed E-state index contributed by atoms with van der Waals surface area (Å²) in [4.78, 5) is 24.9.